The van der Waals surface area contributed by atoms with E-state index in [2.05, 4.69) is 0 Å². The quantitative estimate of drug-likeness (QED) is 0.916. The Labute approximate surface area is 125 Å². The average molecular weight is 305 g/mol. The topological polar surface area (TPSA) is 70.3 Å². The summed E-state index contributed by atoms with van der Waals surface area (Å²) < 4.78 is 18.8. The molecule has 0 unspecified atom stereocenters. The number of benzene rings is 1. The van der Waals surface area contributed by atoms with Crippen molar-refractivity contribution in [3.05, 3.63) is 51.0 Å². The number of aryl methyl sites for hydroxylation is 1. The highest BCUT2D eigenvalue weighted by Gasteiger charge is 2.16. The second-order valence-corrected chi connectivity index (χ2v) is 5.45. The summed E-state index contributed by atoms with van der Waals surface area (Å²) >= 11 is 1.16. The SMILES string of the molecule is CCc1cc(OCc2cc(F)cc(C#N)c2)c(C(=O)O)s1. The van der Waals surface area contributed by atoms with Crippen LogP contribution in [0.5, 0.6) is 5.75 Å². The van der Waals surface area contributed by atoms with Gasteiger partial charge in [-0.2, -0.15) is 5.26 Å². The van der Waals surface area contributed by atoms with E-state index in [1.54, 1.807) is 6.07 Å². The van der Waals surface area contributed by atoms with Crippen molar-refractivity contribution in [3.63, 3.8) is 0 Å². The molecule has 21 heavy (non-hydrogen) atoms. The van der Waals surface area contributed by atoms with Crippen LogP contribution in [0.2, 0.25) is 0 Å². The molecule has 0 bridgehead atoms. The molecule has 0 aliphatic heterocycles. The molecule has 6 heteroatoms. The number of carbonyl (C=O) groups is 1. The van der Waals surface area contributed by atoms with E-state index >= 15 is 0 Å². The third-order valence-corrected chi connectivity index (χ3v) is 4.02. The van der Waals surface area contributed by atoms with Gasteiger partial charge in [0.1, 0.15) is 18.2 Å². The van der Waals surface area contributed by atoms with E-state index in [1.807, 2.05) is 13.0 Å². The third-order valence-electron chi connectivity index (χ3n) is 2.77. The van der Waals surface area contributed by atoms with Gasteiger partial charge in [-0.25, -0.2) is 9.18 Å². The fraction of sp³-hybridized carbons (Fsp3) is 0.200. The predicted octanol–water partition coefficient (Wildman–Crippen LogP) is 3.60. The Hall–Kier alpha value is -2.39. The lowest BCUT2D eigenvalue weighted by atomic mass is 10.1. The van der Waals surface area contributed by atoms with Crippen LogP contribution in [-0.4, -0.2) is 11.1 Å². The maximum Gasteiger partial charge on any atom is 0.349 e. The van der Waals surface area contributed by atoms with Gasteiger partial charge in [0.15, 0.2) is 4.88 Å². The predicted molar refractivity (Wildman–Crippen MR) is 76.1 cm³/mol. The highest BCUT2D eigenvalue weighted by molar-refractivity contribution is 7.14. The lowest BCUT2D eigenvalue weighted by molar-refractivity contribution is 0.0697. The zero-order valence-electron chi connectivity index (χ0n) is 11.2. The zero-order chi connectivity index (χ0) is 15.4. The minimum Gasteiger partial charge on any atom is -0.487 e. The highest BCUT2D eigenvalue weighted by Crippen LogP contribution is 2.30. The number of ether oxygens (including phenoxy) is 1. The number of rotatable bonds is 5. The summed E-state index contributed by atoms with van der Waals surface area (Å²) in [7, 11) is 0. The molecule has 0 saturated heterocycles. The third kappa shape index (κ3) is 3.58. The fourth-order valence-corrected chi connectivity index (χ4v) is 2.69. The molecular weight excluding hydrogens is 293 g/mol. The van der Waals surface area contributed by atoms with Gasteiger partial charge in [-0.05, 0) is 36.2 Å². The molecule has 0 atom stereocenters. The molecule has 0 radical (unpaired) electrons. The fourth-order valence-electron chi connectivity index (χ4n) is 1.81. The van der Waals surface area contributed by atoms with Gasteiger partial charge in [0, 0.05) is 4.88 Å². The van der Waals surface area contributed by atoms with E-state index in [0.717, 1.165) is 22.3 Å². The Morgan fingerprint density at radius 1 is 1.43 bits per heavy atom. The van der Waals surface area contributed by atoms with Crippen molar-refractivity contribution < 1.29 is 19.0 Å². The van der Waals surface area contributed by atoms with Crippen molar-refractivity contribution >= 4 is 17.3 Å². The molecular formula is C15H12FNO3S. The summed E-state index contributed by atoms with van der Waals surface area (Å²) in [6, 6.07) is 7.44. The Balaban J connectivity index is 2.20. The molecule has 0 fully saturated rings. The molecule has 1 aromatic carbocycles. The molecule has 0 aliphatic carbocycles. The number of aromatic carboxylic acids is 1. The van der Waals surface area contributed by atoms with Crippen LogP contribution in [0.1, 0.15) is 32.6 Å². The molecule has 0 spiro atoms. The normalized spacial score (nSPS) is 10.1. The smallest absolute Gasteiger partial charge is 0.349 e. The minimum atomic E-state index is -1.05. The van der Waals surface area contributed by atoms with Crippen molar-refractivity contribution in [1.29, 1.82) is 5.26 Å². The van der Waals surface area contributed by atoms with Crippen LogP contribution in [0.15, 0.2) is 24.3 Å². The Morgan fingerprint density at radius 2 is 2.19 bits per heavy atom. The number of nitrogens with zero attached hydrogens (tertiary/aromatic N) is 1. The van der Waals surface area contributed by atoms with Crippen LogP contribution in [-0.2, 0) is 13.0 Å². The Bertz CT molecular complexity index is 718. The lowest BCUT2D eigenvalue weighted by Gasteiger charge is -2.06. The summed E-state index contributed by atoms with van der Waals surface area (Å²) in [5, 5.41) is 17.9. The summed E-state index contributed by atoms with van der Waals surface area (Å²) in [5.74, 6) is -1.30. The first-order valence-electron chi connectivity index (χ1n) is 6.21. The standard InChI is InChI=1S/C15H12FNO3S/c1-2-12-6-13(14(21-12)15(18)19)20-8-10-3-9(7-17)4-11(16)5-10/h3-6H,2,8H2,1H3,(H,18,19). The van der Waals surface area contributed by atoms with Gasteiger partial charge in [-0.3, -0.25) is 0 Å². The molecule has 2 aromatic rings. The Morgan fingerprint density at radius 3 is 2.81 bits per heavy atom. The van der Waals surface area contributed by atoms with Gasteiger partial charge in [0.05, 0.1) is 11.6 Å². The van der Waals surface area contributed by atoms with E-state index in [1.165, 1.54) is 12.1 Å². The first kappa shape index (κ1) is 15.0. The molecule has 108 valence electrons. The monoisotopic (exact) mass is 305 g/mol. The van der Waals surface area contributed by atoms with Crippen molar-refractivity contribution in [2.45, 2.75) is 20.0 Å². The molecule has 4 nitrogen and oxygen atoms in total. The molecule has 0 aliphatic rings. The first-order valence-corrected chi connectivity index (χ1v) is 7.03. The Kier molecular flexibility index (Phi) is 4.55. The number of carboxylic acids is 1. The van der Waals surface area contributed by atoms with Crippen LogP contribution < -0.4 is 4.74 Å². The number of hydrogen-bond acceptors (Lipinski definition) is 4. The van der Waals surface area contributed by atoms with Gasteiger partial charge < -0.3 is 9.84 Å². The summed E-state index contributed by atoms with van der Waals surface area (Å²) in [4.78, 5) is 12.2. The summed E-state index contributed by atoms with van der Waals surface area (Å²) in [5.41, 5.74) is 0.679. The second-order valence-electron chi connectivity index (χ2n) is 4.31. The van der Waals surface area contributed by atoms with Crippen molar-refractivity contribution in [2.75, 3.05) is 0 Å². The maximum absolute atomic E-state index is 13.3. The van der Waals surface area contributed by atoms with Crippen molar-refractivity contribution in [1.82, 2.24) is 0 Å². The van der Waals surface area contributed by atoms with E-state index in [4.69, 9.17) is 15.1 Å². The van der Waals surface area contributed by atoms with Gasteiger partial charge in [0.2, 0.25) is 0 Å². The van der Waals surface area contributed by atoms with Crippen molar-refractivity contribution in [3.8, 4) is 11.8 Å². The van der Waals surface area contributed by atoms with Crippen LogP contribution in [0, 0.1) is 17.1 Å². The van der Waals surface area contributed by atoms with Gasteiger partial charge in [0.25, 0.3) is 0 Å². The number of halogens is 1. The molecule has 1 N–H and O–H groups in total. The maximum atomic E-state index is 13.3. The number of nitriles is 1. The van der Waals surface area contributed by atoms with Crippen molar-refractivity contribution in [2.24, 2.45) is 0 Å². The highest BCUT2D eigenvalue weighted by atomic mass is 32.1. The molecule has 1 aromatic heterocycles. The van der Waals surface area contributed by atoms with E-state index < -0.39 is 11.8 Å². The largest absolute Gasteiger partial charge is 0.487 e. The second kappa shape index (κ2) is 6.37. The van der Waals surface area contributed by atoms with Gasteiger partial charge in [-0.1, -0.05) is 6.92 Å². The summed E-state index contributed by atoms with van der Waals surface area (Å²) in [6.07, 6.45) is 0.715. The molecule has 0 amide bonds. The van der Waals surface area contributed by atoms with Crippen LogP contribution in [0.4, 0.5) is 4.39 Å². The average Bonchev–Trinajstić information content (AvgIpc) is 2.88. The van der Waals surface area contributed by atoms with Gasteiger partial charge >= 0.3 is 5.97 Å². The van der Waals surface area contributed by atoms with E-state index in [-0.39, 0.29) is 22.8 Å². The van der Waals surface area contributed by atoms with E-state index in [0.29, 0.717) is 12.0 Å². The van der Waals surface area contributed by atoms with Crippen LogP contribution in [0.25, 0.3) is 0 Å². The van der Waals surface area contributed by atoms with Crippen LogP contribution in [0.3, 0.4) is 0 Å². The van der Waals surface area contributed by atoms with Gasteiger partial charge in [-0.15, -0.1) is 11.3 Å². The zero-order valence-corrected chi connectivity index (χ0v) is 12.0. The molecule has 2 rings (SSSR count). The van der Waals surface area contributed by atoms with E-state index in [9.17, 15) is 9.18 Å². The number of hydrogen-bond donors (Lipinski definition) is 1. The minimum absolute atomic E-state index is 0.00656. The number of carboxylic acid groups (broad SMARTS) is 1. The lowest BCUT2D eigenvalue weighted by Crippen LogP contribution is -2.00. The molecule has 1 heterocycles. The number of thiophene rings is 1. The summed E-state index contributed by atoms with van der Waals surface area (Å²) in [6.45, 7) is 1.93. The van der Waals surface area contributed by atoms with Crippen LogP contribution >= 0.6 is 11.3 Å². The molecule has 0 saturated carbocycles. The first-order chi connectivity index (χ1) is 10.0.